The summed E-state index contributed by atoms with van der Waals surface area (Å²) in [5, 5.41) is 20.4. The molecule has 0 spiro atoms. The second-order valence-electron chi connectivity index (χ2n) is 11.0. The normalized spacial score (nSPS) is 17.2. The first-order valence-electron chi connectivity index (χ1n) is 13.6. The van der Waals surface area contributed by atoms with Gasteiger partial charge in [0.05, 0.1) is 31.0 Å². The summed E-state index contributed by atoms with van der Waals surface area (Å²) in [5.74, 6) is -1.68. The van der Waals surface area contributed by atoms with E-state index >= 15 is 8.78 Å². The van der Waals surface area contributed by atoms with Crippen LogP contribution in [0.3, 0.4) is 0 Å². The minimum absolute atomic E-state index is 0.0863. The van der Waals surface area contributed by atoms with Crippen LogP contribution in [0.25, 0.3) is 33.3 Å². The highest BCUT2D eigenvalue weighted by Crippen LogP contribution is 2.44. The molecular weight excluding hydrogens is 545 g/mol. The number of rotatable bonds is 7. The molecule has 1 N–H and O–H groups in total. The molecule has 5 aromatic rings. The molecule has 216 valence electrons. The number of aliphatic hydroxyl groups is 1. The number of nitrogens with zero attached hydrogens (tertiary/aromatic N) is 4. The average molecular weight is 575 g/mol. The summed E-state index contributed by atoms with van der Waals surface area (Å²) >= 11 is 0. The van der Waals surface area contributed by atoms with E-state index in [1.165, 1.54) is 32.0 Å². The fraction of sp³-hybridized carbons (Fsp3) is 0.281. The first-order chi connectivity index (χ1) is 20.1. The Kier molecular flexibility index (Phi) is 6.98. The third kappa shape index (κ3) is 4.90. The number of pyridine rings is 1. The maximum Gasteiger partial charge on any atom is 0.145 e. The van der Waals surface area contributed by atoms with E-state index < -0.39 is 28.7 Å². The van der Waals surface area contributed by atoms with Gasteiger partial charge >= 0.3 is 0 Å². The van der Waals surface area contributed by atoms with E-state index in [0.717, 1.165) is 28.6 Å². The first-order valence-corrected chi connectivity index (χ1v) is 13.6. The third-order valence-corrected chi connectivity index (χ3v) is 7.73. The number of hydrogen-bond donors (Lipinski definition) is 1. The molecule has 6 rings (SSSR count). The lowest BCUT2D eigenvalue weighted by Gasteiger charge is -2.32. The molecule has 1 fully saturated rings. The highest BCUT2D eigenvalue weighted by molar-refractivity contribution is 5.89. The van der Waals surface area contributed by atoms with Gasteiger partial charge in [0, 0.05) is 34.9 Å². The zero-order valence-electron chi connectivity index (χ0n) is 23.4. The number of halogens is 3. The number of methoxy groups -OCH3 is 1. The monoisotopic (exact) mass is 574 g/mol. The van der Waals surface area contributed by atoms with Crippen molar-refractivity contribution in [1.82, 2.24) is 20.0 Å². The van der Waals surface area contributed by atoms with Gasteiger partial charge in [-0.15, -0.1) is 5.10 Å². The van der Waals surface area contributed by atoms with E-state index in [-0.39, 0.29) is 28.8 Å². The minimum atomic E-state index is -1.63. The quantitative estimate of drug-likeness (QED) is 0.238. The molecule has 0 aliphatic carbocycles. The van der Waals surface area contributed by atoms with Crippen LogP contribution in [0.5, 0.6) is 5.75 Å². The van der Waals surface area contributed by atoms with Gasteiger partial charge in [-0.3, -0.25) is 4.98 Å². The lowest BCUT2D eigenvalue weighted by atomic mass is 9.83. The Morgan fingerprint density at radius 3 is 2.52 bits per heavy atom. The van der Waals surface area contributed by atoms with Gasteiger partial charge < -0.3 is 14.6 Å². The van der Waals surface area contributed by atoms with E-state index in [2.05, 4.69) is 15.3 Å². The van der Waals surface area contributed by atoms with Crippen LogP contribution in [0, 0.1) is 17.5 Å². The van der Waals surface area contributed by atoms with Gasteiger partial charge in [-0.2, -0.15) is 0 Å². The smallest absolute Gasteiger partial charge is 0.145 e. The summed E-state index contributed by atoms with van der Waals surface area (Å²) in [6, 6.07) is 13.8. The lowest BCUT2D eigenvalue weighted by molar-refractivity contribution is -0.0204. The topological polar surface area (TPSA) is 82.3 Å². The van der Waals surface area contributed by atoms with Gasteiger partial charge in [0.1, 0.15) is 40.0 Å². The SMILES string of the molecule is COc1cc(-c2cn(C[C@]3(c4cc(C(C)(C)O)c(F)c(-c5ccc(F)cc5)c4F)CCCO3)nn2)cc2cccnc12. The summed E-state index contributed by atoms with van der Waals surface area (Å²) in [6.45, 7) is 3.31. The van der Waals surface area contributed by atoms with Crippen molar-refractivity contribution in [3.8, 4) is 28.1 Å². The maximum atomic E-state index is 16.4. The van der Waals surface area contributed by atoms with Crippen molar-refractivity contribution in [3.63, 3.8) is 0 Å². The zero-order chi connectivity index (χ0) is 29.6. The van der Waals surface area contributed by atoms with Crippen molar-refractivity contribution in [2.45, 2.75) is 44.4 Å². The van der Waals surface area contributed by atoms with Gasteiger partial charge in [-0.05, 0) is 68.7 Å². The standard InChI is InChI=1S/C32H29F3N4O3/c1-31(2,40)23-16-24(29(35)27(28(23)34)19-7-9-22(33)10-8-19)32(11-5-13-42-32)18-39-17-25(37-38-39)21-14-20-6-4-12-36-30(20)26(15-21)41-3/h4,6-10,12,14-17,40H,5,11,13,18H2,1-3H3/t32-/m0/s1. The molecule has 0 bridgehead atoms. The largest absolute Gasteiger partial charge is 0.494 e. The Morgan fingerprint density at radius 2 is 1.83 bits per heavy atom. The fourth-order valence-electron chi connectivity index (χ4n) is 5.64. The Morgan fingerprint density at radius 1 is 1.05 bits per heavy atom. The van der Waals surface area contributed by atoms with E-state index in [4.69, 9.17) is 9.47 Å². The molecule has 0 amide bonds. The van der Waals surface area contributed by atoms with Crippen molar-refractivity contribution >= 4 is 10.9 Å². The van der Waals surface area contributed by atoms with Crippen LogP contribution in [0.4, 0.5) is 13.2 Å². The van der Waals surface area contributed by atoms with Crippen LogP contribution in [-0.2, 0) is 22.5 Å². The molecular formula is C32H29F3N4O3. The van der Waals surface area contributed by atoms with Crippen molar-refractivity contribution in [1.29, 1.82) is 0 Å². The summed E-state index contributed by atoms with van der Waals surface area (Å²) in [5.41, 5.74) is -1.01. The van der Waals surface area contributed by atoms with Crippen molar-refractivity contribution in [2.75, 3.05) is 13.7 Å². The Balaban J connectivity index is 1.45. The van der Waals surface area contributed by atoms with Gasteiger partial charge in [0.25, 0.3) is 0 Å². The van der Waals surface area contributed by atoms with Gasteiger partial charge in [-0.1, -0.05) is 23.4 Å². The lowest BCUT2D eigenvalue weighted by Crippen LogP contribution is -2.33. The van der Waals surface area contributed by atoms with Crippen LogP contribution < -0.4 is 4.74 Å². The predicted molar refractivity (Wildman–Crippen MR) is 151 cm³/mol. The van der Waals surface area contributed by atoms with E-state index in [0.29, 0.717) is 30.9 Å². The van der Waals surface area contributed by atoms with E-state index in [1.54, 1.807) is 24.2 Å². The molecule has 7 nitrogen and oxygen atoms in total. The predicted octanol–water partition coefficient (Wildman–Crippen LogP) is 6.52. The molecule has 0 unspecified atom stereocenters. The first kappa shape index (κ1) is 27.9. The van der Waals surface area contributed by atoms with E-state index in [9.17, 15) is 9.50 Å². The number of fused-ring (bicyclic) bond motifs is 1. The maximum absolute atomic E-state index is 16.4. The summed E-state index contributed by atoms with van der Waals surface area (Å²) in [4.78, 5) is 4.39. The van der Waals surface area contributed by atoms with Crippen LogP contribution in [0.2, 0.25) is 0 Å². The molecule has 3 aromatic carbocycles. The van der Waals surface area contributed by atoms with Crippen LogP contribution in [0.1, 0.15) is 37.8 Å². The van der Waals surface area contributed by atoms with Crippen molar-refractivity contribution in [2.24, 2.45) is 0 Å². The van der Waals surface area contributed by atoms with E-state index in [1.807, 2.05) is 24.3 Å². The summed E-state index contributed by atoms with van der Waals surface area (Å²) in [6.07, 6.45) is 4.49. The summed E-state index contributed by atoms with van der Waals surface area (Å²) in [7, 11) is 1.57. The summed E-state index contributed by atoms with van der Waals surface area (Å²) < 4.78 is 59.3. The molecule has 10 heteroatoms. The highest BCUT2D eigenvalue weighted by atomic mass is 19.1. The Hall–Kier alpha value is -4.28. The minimum Gasteiger partial charge on any atom is -0.494 e. The zero-order valence-corrected chi connectivity index (χ0v) is 23.4. The average Bonchev–Trinajstić information content (AvgIpc) is 3.63. The number of benzene rings is 3. The fourth-order valence-corrected chi connectivity index (χ4v) is 5.64. The van der Waals surface area contributed by atoms with Crippen LogP contribution >= 0.6 is 0 Å². The van der Waals surface area contributed by atoms with Gasteiger partial charge in [0.2, 0.25) is 0 Å². The third-order valence-electron chi connectivity index (χ3n) is 7.73. The second-order valence-corrected chi connectivity index (χ2v) is 11.0. The van der Waals surface area contributed by atoms with Gasteiger partial charge in [0.15, 0.2) is 0 Å². The van der Waals surface area contributed by atoms with Crippen molar-refractivity contribution in [3.05, 3.63) is 95.6 Å². The number of hydrogen-bond acceptors (Lipinski definition) is 6. The molecule has 3 heterocycles. The van der Waals surface area contributed by atoms with Gasteiger partial charge in [-0.25, -0.2) is 17.9 Å². The highest BCUT2D eigenvalue weighted by Gasteiger charge is 2.43. The Labute approximate surface area is 240 Å². The van der Waals surface area contributed by atoms with Crippen LogP contribution in [-0.4, -0.2) is 38.8 Å². The molecule has 0 radical (unpaired) electrons. The molecule has 0 saturated carbocycles. The molecule has 1 aliphatic rings. The second kappa shape index (κ2) is 10.5. The molecule has 2 aromatic heterocycles. The number of ether oxygens (including phenoxy) is 2. The van der Waals surface area contributed by atoms with Crippen LogP contribution in [0.15, 0.2) is 67.0 Å². The molecule has 1 aliphatic heterocycles. The molecule has 1 saturated heterocycles. The molecule has 1 atom stereocenters. The number of aromatic nitrogens is 4. The Bertz CT molecular complexity index is 1780. The van der Waals surface area contributed by atoms with Crippen molar-refractivity contribution < 1.29 is 27.8 Å². The molecule has 42 heavy (non-hydrogen) atoms.